The molecule has 1 amide bonds. The van der Waals surface area contributed by atoms with Gasteiger partial charge in [0.2, 0.25) is 0 Å². The Morgan fingerprint density at radius 2 is 2.28 bits per heavy atom. The third kappa shape index (κ3) is 2.88. The van der Waals surface area contributed by atoms with E-state index in [4.69, 9.17) is 0 Å². The number of benzene rings is 1. The van der Waals surface area contributed by atoms with Crippen molar-refractivity contribution >= 4 is 5.91 Å². The topological polar surface area (TPSA) is 41.1 Å². The summed E-state index contributed by atoms with van der Waals surface area (Å²) in [4.78, 5) is 12.1. The van der Waals surface area contributed by atoms with Crippen molar-refractivity contribution in [2.45, 2.75) is 26.3 Å². The molecule has 1 heterocycles. The molecule has 0 saturated carbocycles. The summed E-state index contributed by atoms with van der Waals surface area (Å²) in [5, 5.41) is 6.28. The van der Waals surface area contributed by atoms with E-state index in [0.29, 0.717) is 17.0 Å². The van der Waals surface area contributed by atoms with Gasteiger partial charge in [0, 0.05) is 18.2 Å². The summed E-state index contributed by atoms with van der Waals surface area (Å²) < 4.78 is 13.1. The van der Waals surface area contributed by atoms with Crippen molar-refractivity contribution in [1.29, 1.82) is 0 Å². The molecule has 0 aliphatic carbocycles. The van der Waals surface area contributed by atoms with Crippen LogP contribution < -0.4 is 10.6 Å². The predicted molar refractivity (Wildman–Crippen MR) is 69.0 cm³/mol. The molecule has 1 aliphatic rings. The molecule has 3 nitrogen and oxygen atoms in total. The first kappa shape index (κ1) is 13.0. The molecule has 2 atom stereocenters. The maximum Gasteiger partial charge on any atom is 0.251 e. The van der Waals surface area contributed by atoms with Crippen LogP contribution in [0.2, 0.25) is 0 Å². The van der Waals surface area contributed by atoms with Crippen molar-refractivity contribution in [3.63, 3.8) is 0 Å². The standard InChI is InChI=1S/C14H19FN2O/c1-9-5-6-16-8-13(9)17-14(18)11-3-4-12(15)10(2)7-11/h3-4,7,9,13,16H,5-6,8H2,1-2H3,(H,17,18)/t9-,13+/m1/s1. The molecule has 98 valence electrons. The van der Waals surface area contributed by atoms with Gasteiger partial charge in [0.15, 0.2) is 0 Å². The molecule has 0 unspecified atom stereocenters. The third-order valence-electron chi connectivity index (χ3n) is 3.56. The average molecular weight is 250 g/mol. The van der Waals surface area contributed by atoms with Crippen molar-refractivity contribution in [1.82, 2.24) is 10.6 Å². The van der Waals surface area contributed by atoms with Gasteiger partial charge >= 0.3 is 0 Å². The van der Waals surface area contributed by atoms with E-state index in [0.717, 1.165) is 19.5 Å². The lowest BCUT2D eigenvalue weighted by molar-refractivity contribution is 0.0915. The summed E-state index contributed by atoms with van der Waals surface area (Å²) in [5.74, 6) is 0.0645. The van der Waals surface area contributed by atoms with Gasteiger partial charge in [0.05, 0.1) is 0 Å². The number of hydrogen-bond acceptors (Lipinski definition) is 2. The Kier molecular flexibility index (Phi) is 3.97. The Bertz CT molecular complexity index is 447. The summed E-state index contributed by atoms with van der Waals surface area (Å²) in [7, 11) is 0. The summed E-state index contributed by atoms with van der Waals surface area (Å²) >= 11 is 0. The van der Waals surface area contributed by atoms with Crippen LogP contribution in [0, 0.1) is 18.7 Å². The van der Waals surface area contributed by atoms with Gasteiger partial charge in [-0.1, -0.05) is 6.92 Å². The number of piperidine rings is 1. The second-order valence-corrected chi connectivity index (χ2v) is 5.01. The summed E-state index contributed by atoms with van der Waals surface area (Å²) in [6.07, 6.45) is 1.06. The van der Waals surface area contributed by atoms with Crippen LogP contribution in [-0.4, -0.2) is 25.0 Å². The maximum absolute atomic E-state index is 13.1. The molecule has 2 N–H and O–H groups in total. The van der Waals surface area contributed by atoms with E-state index >= 15 is 0 Å². The Hall–Kier alpha value is -1.42. The van der Waals surface area contributed by atoms with Gasteiger partial charge < -0.3 is 10.6 Å². The number of amides is 1. The Balaban J connectivity index is 2.04. The van der Waals surface area contributed by atoms with Crippen LogP contribution in [0.4, 0.5) is 4.39 Å². The number of nitrogens with one attached hydrogen (secondary N) is 2. The molecule has 0 aromatic heterocycles. The van der Waals surface area contributed by atoms with Crippen molar-refractivity contribution in [3.8, 4) is 0 Å². The minimum absolute atomic E-state index is 0.126. The van der Waals surface area contributed by atoms with Crippen molar-refractivity contribution in [2.24, 2.45) is 5.92 Å². The number of rotatable bonds is 2. The highest BCUT2D eigenvalue weighted by Crippen LogP contribution is 2.13. The molecular formula is C14H19FN2O. The van der Waals surface area contributed by atoms with Crippen LogP contribution in [0.25, 0.3) is 0 Å². The fraction of sp³-hybridized carbons (Fsp3) is 0.500. The first-order chi connectivity index (χ1) is 8.58. The third-order valence-corrected chi connectivity index (χ3v) is 3.56. The van der Waals surface area contributed by atoms with Crippen LogP contribution in [-0.2, 0) is 0 Å². The normalized spacial score (nSPS) is 23.7. The molecule has 1 aromatic carbocycles. The number of hydrogen-bond donors (Lipinski definition) is 2. The summed E-state index contributed by atoms with van der Waals surface area (Å²) in [6.45, 7) is 5.61. The van der Waals surface area contributed by atoms with Crippen LogP contribution in [0.5, 0.6) is 0 Å². The minimum atomic E-state index is -0.278. The fourth-order valence-corrected chi connectivity index (χ4v) is 2.22. The second kappa shape index (κ2) is 5.48. The number of carbonyl (C=O) groups is 1. The van der Waals surface area contributed by atoms with Gasteiger partial charge in [0.1, 0.15) is 5.82 Å². The highest BCUT2D eigenvalue weighted by atomic mass is 19.1. The zero-order valence-electron chi connectivity index (χ0n) is 10.8. The second-order valence-electron chi connectivity index (χ2n) is 5.01. The Labute approximate surface area is 107 Å². The molecule has 2 rings (SSSR count). The quantitative estimate of drug-likeness (QED) is 0.841. The molecule has 1 fully saturated rings. The molecular weight excluding hydrogens is 231 g/mol. The maximum atomic E-state index is 13.1. The van der Waals surface area contributed by atoms with Gasteiger partial charge in [-0.25, -0.2) is 4.39 Å². The first-order valence-electron chi connectivity index (χ1n) is 6.35. The van der Waals surface area contributed by atoms with E-state index in [-0.39, 0.29) is 17.8 Å². The minimum Gasteiger partial charge on any atom is -0.348 e. The SMILES string of the molecule is Cc1cc(C(=O)N[C@H]2CNCC[C@H]2C)ccc1F. The molecule has 4 heteroatoms. The number of halogens is 1. The highest BCUT2D eigenvalue weighted by molar-refractivity contribution is 5.94. The van der Waals surface area contributed by atoms with Gasteiger partial charge in [-0.2, -0.15) is 0 Å². The van der Waals surface area contributed by atoms with E-state index in [1.807, 2.05) is 0 Å². The largest absolute Gasteiger partial charge is 0.348 e. The predicted octanol–water partition coefficient (Wildman–Crippen LogP) is 1.86. The summed E-state index contributed by atoms with van der Waals surface area (Å²) in [6, 6.07) is 4.60. The molecule has 18 heavy (non-hydrogen) atoms. The fourth-order valence-electron chi connectivity index (χ4n) is 2.22. The molecule has 1 saturated heterocycles. The molecule has 0 radical (unpaired) electrons. The van der Waals surface area contributed by atoms with Gasteiger partial charge in [-0.05, 0) is 49.6 Å². The molecule has 0 spiro atoms. The van der Waals surface area contributed by atoms with Gasteiger partial charge in [-0.3, -0.25) is 4.79 Å². The van der Waals surface area contributed by atoms with Crippen LogP contribution in [0.1, 0.15) is 29.3 Å². The zero-order valence-corrected chi connectivity index (χ0v) is 10.8. The van der Waals surface area contributed by atoms with Crippen molar-refractivity contribution < 1.29 is 9.18 Å². The molecule has 1 aliphatic heterocycles. The van der Waals surface area contributed by atoms with Crippen LogP contribution >= 0.6 is 0 Å². The van der Waals surface area contributed by atoms with Crippen LogP contribution in [0.3, 0.4) is 0 Å². The lowest BCUT2D eigenvalue weighted by atomic mass is 9.94. The monoisotopic (exact) mass is 250 g/mol. The van der Waals surface area contributed by atoms with E-state index in [1.54, 1.807) is 13.0 Å². The first-order valence-corrected chi connectivity index (χ1v) is 6.35. The number of carbonyl (C=O) groups excluding carboxylic acids is 1. The van der Waals surface area contributed by atoms with Crippen LogP contribution in [0.15, 0.2) is 18.2 Å². The Morgan fingerprint density at radius 3 is 2.94 bits per heavy atom. The van der Waals surface area contributed by atoms with Gasteiger partial charge in [0.25, 0.3) is 5.91 Å². The smallest absolute Gasteiger partial charge is 0.251 e. The van der Waals surface area contributed by atoms with Crippen molar-refractivity contribution in [3.05, 3.63) is 35.1 Å². The zero-order chi connectivity index (χ0) is 13.1. The molecule has 1 aromatic rings. The van der Waals surface area contributed by atoms with E-state index in [2.05, 4.69) is 17.6 Å². The average Bonchev–Trinajstić information content (AvgIpc) is 2.35. The molecule has 0 bridgehead atoms. The van der Waals surface area contributed by atoms with E-state index in [1.165, 1.54) is 12.1 Å². The summed E-state index contributed by atoms with van der Waals surface area (Å²) in [5.41, 5.74) is 1.02. The number of aryl methyl sites for hydroxylation is 1. The lowest BCUT2D eigenvalue weighted by Crippen LogP contribution is -2.50. The lowest BCUT2D eigenvalue weighted by Gasteiger charge is -2.30. The van der Waals surface area contributed by atoms with Gasteiger partial charge in [-0.15, -0.1) is 0 Å². The van der Waals surface area contributed by atoms with Crippen molar-refractivity contribution in [2.75, 3.05) is 13.1 Å². The Morgan fingerprint density at radius 1 is 1.50 bits per heavy atom. The van der Waals surface area contributed by atoms with E-state index in [9.17, 15) is 9.18 Å². The highest BCUT2D eigenvalue weighted by Gasteiger charge is 2.23. The van der Waals surface area contributed by atoms with E-state index < -0.39 is 0 Å².